The molecule has 0 aromatic carbocycles. The first kappa shape index (κ1) is 13.5. The summed E-state index contributed by atoms with van der Waals surface area (Å²) in [4.78, 5) is 15.9. The van der Waals surface area contributed by atoms with E-state index >= 15 is 0 Å². The highest BCUT2D eigenvalue weighted by atomic mass is 16.2. The number of imidazole rings is 1. The van der Waals surface area contributed by atoms with Crippen LogP contribution < -0.4 is 10.6 Å². The van der Waals surface area contributed by atoms with Gasteiger partial charge in [0.05, 0.1) is 6.33 Å². The second-order valence-corrected chi connectivity index (χ2v) is 6.11. The normalized spacial score (nSPS) is 18.2. The molecule has 2 aliphatic carbocycles. The Morgan fingerprint density at radius 1 is 1.25 bits per heavy atom. The Hall–Kier alpha value is -1.52. The molecule has 2 saturated carbocycles. The first-order valence-electron chi connectivity index (χ1n) is 7.83. The van der Waals surface area contributed by atoms with Gasteiger partial charge >= 0.3 is 6.03 Å². The molecule has 0 bridgehead atoms. The maximum absolute atomic E-state index is 11.9. The van der Waals surface area contributed by atoms with E-state index in [0.29, 0.717) is 6.04 Å². The van der Waals surface area contributed by atoms with E-state index in [2.05, 4.69) is 20.2 Å². The predicted molar refractivity (Wildman–Crippen MR) is 77.2 cm³/mol. The average molecular weight is 276 g/mol. The highest BCUT2D eigenvalue weighted by molar-refractivity contribution is 5.74. The number of hydrogen-bond acceptors (Lipinski definition) is 2. The lowest BCUT2D eigenvalue weighted by Gasteiger charge is -2.18. The summed E-state index contributed by atoms with van der Waals surface area (Å²) in [5.74, 6) is 1.52. The van der Waals surface area contributed by atoms with Gasteiger partial charge in [-0.2, -0.15) is 0 Å². The molecular weight excluding hydrogens is 252 g/mol. The Morgan fingerprint density at radius 3 is 2.60 bits per heavy atom. The number of carbonyl (C=O) groups is 1. The first-order valence-corrected chi connectivity index (χ1v) is 7.83. The van der Waals surface area contributed by atoms with Gasteiger partial charge in [0.15, 0.2) is 0 Å². The lowest BCUT2D eigenvalue weighted by atomic mass is 10.1. The van der Waals surface area contributed by atoms with Crippen LogP contribution in [0.5, 0.6) is 0 Å². The van der Waals surface area contributed by atoms with Gasteiger partial charge in [-0.25, -0.2) is 9.78 Å². The number of carbonyl (C=O) groups excluding carboxylic acids is 1. The zero-order chi connectivity index (χ0) is 13.8. The first-order chi connectivity index (χ1) is 9.83. The molecule has 2 amide bonds. The van der Waals surface area contributed by atoms with Crippen LogP contribution in [0.3, 0.4) is 0 Å². The van der Waals surface area contributed by atoms with Crippen molar-refractivity contribution in [1.82, 2.24) is 20.2 Å². The van der Waals surface area contributed by atoms with Gasteiger partial charge in [-0.3, -0.25) is 0 Å². The van der Waals surface area contributed by atoms with Gasteiger partial charge in [-0.15, -0.1) is 0 Å². The zero-order valence-corrected chi connectivity index (χ0v) is 11.9. The van der Waals surface area contributed by atoms with Gasteiger partial charge in [0, 0.05) is 31.5 Å². The molecule has 2 aliphatic rings. The van der Waals surface area contributed by atoms with Gasteiger partial charge in [0.25, 0.3) is 0 Å². The van der Waals surface area contributed by atoms with Crippen molar-refractivity contribution in [2.24, 2.45) is 11.8 Å². The van der Waals surface area contributed by atoms with Crippen LogP contribution in [0.2, 0.25) is 0 Å². The van der Waals surface area contributed by atoms with Gasteiger partial charge in [0.1, 0.15) is 0 Å². The molecule has 0 spiro atoms. The van der Waals surface area contributed by atoms with Crippen LogP contribution >= 0.6 is 0 Å². The second kappa shape index (κ2) is 6.29. The van der Waals surface area contributed by atoms with E-state index in [1.165, 1.54) is 25.7 Å². The number of aryl methyl sites for hydroxylation is 1. The largest absolute Gasteiger partial charge is 0.338 e. The highest BCUT2D eigenvalue weighted by Gasteiger charge is 2.42. The fourth-order valence-corrected chi connectivity index (χ4v) is 2.77. The Kier molecular flexibility index (Phi) is 4.23. The second-order valence-electron chi connectivity index (χ2n) is 6.11. The number of aromatic nitrogens is 2. The SMILES string of the molecule is O=C(NCCCCn1ccnc1)NC(C1CC1)C1CC1. The molecule has 0 unspecified atom stereocenters. The molecule has 0 atom stereocenters. The minimum Gasteiger partial charge on any atom is -0.338 e. The molecule has 2 N–H and O–H groups in total. The van der Waals surface area contributed by atoms with Crippen molar-refractivity contribution in [3.8, 4) is 0 Å². The summed E-state index contributed by atoms with van der Waals surface area (Å²) >= 11 is 0. The number of amides is 2. The van der Waals surface area contributed by atoms with Crippen LogP contribution in [0.4, 0.5) is 4.79 Å². The van der Waals surface area contributed by atoms with Crippen LogP contribution in [-0.4, -0.2) is 28.2 Å². The van der Waals surface area contributed by atoms with Gasteiger partial charge in [-0.1, -0.05) is 0 Å². The summed E-state index contributed by atoms with van der Waals surface area (Å²) in [6.45, 7) is 1.72. The molecule has 20 heavy (non-hydrogen) atoms. The molecule has 5 nitrogen and oxygen atoms in total. The number of hydrogen-bond donors (Lipinski definition) is 2. The van der Waals surface area contributed by atoms with Crippen molar-refractivity contribution in [3.05, 3.63) is 18.7 Å². The number of nitrogens with one attached hydrogen (secondary N) is 2. The van der Waals surface area contributed by atoms with Crippen molar-refractivity contribution in [2.75, 3.05) is 6.54 Å². The lowest BCUT2D eigenvalue weighted by molar-refractivity contribution is 0.233. The van der Waals surface area contributed by atoms with Crippen LogP contribution in [-0.2, 0) is 6.54 Å². The van der Waals surface area contributed by atoms with E-state index in [-0.39, 0.29) is 6.03 Å². The third-order valence-corrected chi connectivity index (χ3v) is 4.25. The van der Waals surface area contributed by atoms with Crippen molar-refractivity contribution < 1.29 is 4.79 Å². The Morgan fingerprint density at radius 2 is 2.00 bits per heavy atom. The minimum absolute atomic E-state index is 0.0245. The molecule has 1 aromatic heterocycles. The number of nitrogens with zero attached hydrogens (tertiary/aromatic N) is 2. The average Bonchev–Trinajstić information content (AvgIpc) is 3.36. The number of urea groups is 1. The van der Waals surface area contributed by atoms with Crippen LogP contribution in [0.1, 0.15) is 38.5 Å². The van der Waals surface area contributed by atoms with Crippen molar-refractivity contribution >= 4 is 6.03 Å². The lowest BCUT2D eigenvalue weighted by Crippen LogP contribution is -2.44. The molecular formula is C15H24N4O. The molecule has 2 fully saturated rings. The van der Waals surface area contributed by atoms with Crippen molar-refractivity contribution in [2.45, 2.75) is 51.1 Å². The quantitative estimate of drug-likeness (QED) is 0.715. The van der Waals surface area contributed by atoms with E-state index in [1.807, 2.05) is 12.5 Å². The number of unbranched alkanes of at least 4 members (excludes halogenated alkanes) is 1. The summed E-state index contributed by atoms with van der Waals surface area (Å²) in [5.41, 5.74) is 0. The molecule has 0 saturated heterocycles. The van der Waals surface area contributed by atoms with Gasteiger partial charge in [-0.05, 0) is 50.4 Å². The van der Waals surface area contributed by atoms with Gasteiger partial charge in [0.2, 0.25) is 0 Å². The molecule has 5 heteroatoms. The van der Waals surface area contributed by atoms with Crippen molar-refractivity contribution in [3.63, 3.8) is 0 Å². The molecule has 3 rings (SSSR count). The Labute approximate surface area is 120 Å². The predicted octanol–water partition coefficient (Wildman–Crippen LogP) is 2.15. The summed E-state index contributed by atoms with van der Waals surface area (Å²) in [7, 11) is 0. The Bertz CT molecular complexity index is 411. The molecule has 1 heterocycles. The zero-order valence-electron chi connectivity index (χ0n) is 11.9. The summed E-state index contributed by atoms with van der Waals surface area (Å²) in [6, 6.07) is 0.470. The van der Waals surface area contributed by atoms with Crippen LogP contribution in [0, 0.1) is 11.8 Å². The molecule has 110 valence electrons. The maximum atomic E-state index is 11.9. The third-order valence-electron chi connectivity index (χ3n) is 4.25. The molecule has 0 aliphatic heterocycles. The van der Waals surface area contributed by atoms with E-state index in [4.69, 9.17) is 0 Å². The van der Waals surface area contributed by atoms with E-state index < -0.39 is 0 Å². The summed E-state index contributed by atoms with van der Waals surface area (Å²) in [5, 5.41) is 6.16. The van der Waals surface area contributed by atoms with E-state index in [0.717, 1.165) is 37.8 Å². The van der Waals surface area contributed by atoms with Crippen LogP contribution in [0.15, 0.2) is 18.7 Å². The summed E-state index contributed by atoms with van der Waals surface area (Å²) < 4.78 is 2.07. The maximum Gasteiger partial charge on any atom is 0.315 e. The smallest absolute Gasteiger partial charge is 0.315 e. The minimum atomic E-state index is 0.0245. The van der Waals surface area contributed by atoms with E-state index in [1.54, 1.807) is 6.20 Å². The topological polar surface area (TPSA) is 59.0 Å². The Balaban J connectivity index is 1.27. The molecule has 0 radical (unpaired) electrons. The third kappa shape index (κ3) is 3.99. The van der Waals surface area contributed by atoms with Gasteiger partial charge < -0.3 is 15.2 Å². The van der Waals surface area contributed by atoms with E-state index in [9.17, 15) is 4.79 Å². The highest BCUT2D eigenvalue weighted by Crippen LogP contribution is 2.44. The molecule has 1 aromatic rings. The fourth-order valence-electron chi connectivity index (χ4n) is 2.77. The monoisotopic (exact) mass is 276 g/mol. The number of rotatable bonds is 8. The van der Waals surface area contributed by atoms with Crippen molar-refractivity contribution in [1.29, 1.82) is 0 Å². The standard InChI is InChI=1S/C15H24N4O/c20-15(18-14(12-3-4-12)13-5-6-13)17-7-1-2-9-19-10-8-16-11-19/h8,10-14H,1-7,9H2,(H2,17,18,20). The summed E-state index contributed by atoms with van der Waals surface area (Å²) in [6.07, 6.45) is 12.8. The van der Waals surface area contributed by atoms with Crippen LogP contribution in [0.25, 0.3) is 0 Å². The fraction of sp³-hybridized carbons (Fsp3) is 0.733.